The molecule has 24 heavy (non-hydrogen) atoms. The lowest BCUT2D eigenvalue weighted by atomic mass is 9.94. The summed E-state index contributed by atoms with van der Waals surface area (Å²) in [5, 5.41) is 4.89. The van der Waals surface area contributed by atoms with Gasteiger partial charge in [-0.2, -0.15) is 0 Å². The number of H-pyrrole nitrogens is 1. The summed E-state index contributed by atoms with van der Waals surface area (Å²) < 4.78 is 10.9. The molecule has 0 bridgehead atoms. The number of benzene rings is 2. The van der Waals surface area contributed by atoms with Crippen molar-refractivity contribution in [3.05, 3.63) is 59.3 Å². The topological polar surface area (TPSA) is 46.3 Å². The molecule has 0 radical (unpaired) electrons. The molecule has 0 amide bonds. The van der Waals surface area contributed by atoms with E-state index >= 15 is 0 Å². The van der Waals surface area contributed by atoms with Crippen LogP contribution in [0.3, 0.4) is 0 Å². The highest BCUT2D eigenvalue weighted by Gasteiger charge is 2.25. The standard InChI is InChI=1S/C20H22N2O2/c1-3-24-14-6-4-13(5-7-14)19-20-16(10-11-21-19)17-12-15(23-2)8-9-18(17)22-20/h4-9,12,19,21-22H,3,10-11H2,1-2H3. The number of rotatable bonds is 4. The minimum atomic E-state index is 0.183. The summed E-state index contributed by atoms with van der Waals surface area (Å²) in [6, 6.07) is 14.8. The van der Waals surface area contributed by atoms with Crippen molar-refractivity contribution in [2.24, 2.45) is 0 Å². The zero-order chi connectivity index (χ0) is 16.5. The average Bonchev–Trinajstić information content (AvgIpc) is 3.00. The molecule has 2 N–H and O–H groups in total. The van der Waals surface area contributed by atoms with Gasteiger partial charge in [0, 0.05) is 23.1 Å². The van der Waals surface area contributed by atoms with Crippen LogP contribution in [0.4, 0.5) is 0 Å². The normalized spacial score (nSPS) is 16.8. The molecule has 3 aromatic rings. The first-order valence-corrected chi connectivity index (χ1v) is 8.44. The molecule has 1 aromatic heterocycles. The monoisotopic (exact) mass is 322 g/mol. The van der Waals surface area contributed by atoms with E-state index in [0.29, 0.717) is 6.61 Å². The summed E-state index contributed by atoms with van der Waals surface area (Å²) in [5.74, 6) is 1.82. The molecule has 4 heteroatoms. The molecule has 0 fully saturated rings. The van der Waals surface area contributed by atoms with Crippen molar-refractivity contribution in [3.8, 4) is 11.5 Å². The van der Waals surface area contributed by atoms with Crippen LogP contribution in [-0.4, -0.2) is 25.2 Å². The van der Waals surface area contributed by atoms with E-state index < -0.39 is 0 Å². The first kappa shape index (κ1) is 15.1. The fraction of sp³-hybridized carbons (Fsp3) is 0.300. The maximum Gasteiger partial charge on any atom is 0.119 e. The van der Waals surface area contributed by atoms with Crippen LogP contribution in [0.15, 0.2) is 42.5 Å². The first-order valence-electron chi connectivity index (χ1n) is 8.44. The Morgan fingerprint density at radius 3 is 2.62 bits per heavy atom. The number of aromatic nitrogens is 1. The number of hydrogen-bond acceptors (Lipinski definition) is 3. The summed E-state index contributed by atoms with van der Waals surface area (Å²) in [5.41, 5.74) is 5.06. The second kappa shape index (κ2) is 6.21. The summed E-state index contributed by atoms with van der Waals surface area (Å²) in [7, 11) is 1.71. The molecule has 124 valence electrons. The van der Waals surface area contributed by atoms with Gasteiger partial charge in [0.1, 0.15) is 11.5 Å². The molecule has 0 saturated heterocycles. The quantitative estimate of drug-likeness (QED) is 0.768. The fourth-order valence-electron chi connectivity index (χ4n) is 3.54. The molecule has 1 unspecified atom stereocenters. The van der Waals surface area contributed by atoms with E-state index in [1.54, 1.807) is 7.11 Å². The third-order valence-corrected chi connectivity index (χ3v) is 4.68. The Bertz CT molecular complexity index is 852. The average molecular weight is 322 g/mol. The summed E-state index contributed by atoms with van der Waals surface area (Å²) in [6.07, 6.45) is 1.02. The zero-order valence-electron chi connectivity index (χ0n) is 14.1. The van der Waals surface area contributed by atoms with Gasteiger partial charge in [-0.05, 0) is 54.8 Å². The first-order chi connectivity index (χ1) is 11.8. The van der Waals surface area contributed by atoms with Gasteiger partial charge < -0.3 is 19.8 Å². The maximum absolute atomic E-state index is 5.55. The highest BCUT2D eigenvalue weighted by Crippen LogP contribution is 2.35. The van der Waals surface area contributed by atoms with Crippen molar-refractivity contribution in [1.82, 2.24) is 10.3 Å². The van der Waals surface area contributed by atoms with E-state index in [1.165, 1.54) is 27.7 Å². The van der Waals surface area contributed by atoms with Crippen LogP contribution in [0.2, 0.25) is 0 Å². The van der Waals surface area contributed by atoms with Crippen molar-refractivity contribution >= 4 is 10.9 Å². The van der Waals surface area contributed by atoms with Gasteiger partial charge in [0.05, 0.1) is 19.8 Å². The number of fused-ring (bicyclic) bond motifs is 3. The molecule has 1 atom stereocenters. The lowest BCUT2D eigenvalue weighted by Crippen LogP contribution is -2.30. The third-order valence-electron chi connectivity index (χ3n) is 4.68. The van der Waals surface area contributed by atoms with E-state index in [2.05, 4.69) is 34.6 Å². The van der Waals surface area contributed by atoms with Gasteiger partial charge in [-0.15, -0.1) is 0 Å². The van der Waals surface area contributed by atoms with E-state index in [4.69, 9.17) is 9.47 Å². The van der Waals surface area contributed by atoms with E-state index in [-0.39, 0.29) is 6.04 Å². The van der Waals surface area contributed by atoms with Gasteiger partial charge in [-0.25, -0.2) is 0 Å². The molecule has 0 aliphatic carbocycles. The Kier molecular flexibility index (Phi) is 3.90. The van der Waals surface area contributed by atoms with Gasteiger partial charge in [0.25, 0.3) is 0 Å². The summed E-state index contributed by atoms with van der Waals surface area (Å²) in [6.45, 7) is 3.66. The second-order valence-electron chi connectivity index (χ2n) is 6.07. The van der Waals surface area contributed by atoms with Crippen LogP contribution in [0.25, 0.3) is 10.9 Å². The number of ether oxygens (including phenoxy) is 2. The van der Waals surface area contributed by atoms with Crippen molar-refractivity contribution < 1.29 is 9.47 Å². The lowest BCUT2D eigenvalue weighted by Gasteiger charge is -2.25. The largest absolute Gasteiger partial charge is 0.497 e. The molecular weight excluding hydrogens is 300 g/mol. The highest BCUT2D eigenvalue weighted by molar-refractivity contribution is 5.86. The number of methoxy groups -OCH3 is 1. The number of aromatic amines is 1. The van der Waals surface area contributed by atoms with Gasteiger partial charge in [-0.3, -0.25) is 0 Å². The predicted molar refractivity (Wildman–Crippen MR) is 96.0 cm³/mol. The van der Waals surface area contributed by atoms with E-state index in [0.717, 1.165) is 24.5 Å². The molecule has 4 nitrogen and oxygen atoms in total. The SMILES string of the molecule is CCOc1ccc(C2NCCc3c2[nH]c2ccc(OC)cc32)cc1. The zero-order valence-corrected chi connectivity index (χ0v) is 14.1. The molecule has 1 aliphatic rings. The van der Waals surface area contributed by atoms with Crippen LogP contribution < -0.4 is 14.8 Å². The van der Waals surface area contributed by atoms with Crippen molar-refractivity contribution in [1.29, 1.82) is 0 Å². The summed E-state index contributed by atoms with van der Waals surface area (Å²) >= 11 is 0. The predicted octanol–water partition coefficient (Wildman–Crippen LogP) is 3.81. The van der Waals surface area contributed by atoms with E-state index in [9.17, 15) is 0 Å². The molecule has 0 saturated carbocycles. The van der Waals surface area contributed by atoms with Crippen molar-refractivity contribution in [2.75, 3.05) is 20.3 Å². The van der Waals surface area contributed by atoms with Crippen molar-refractivity contribution in [3.63, 3.8) is 0 Å². The molecule has 1 aliphatic heterocycles. The minimum Gasteiger partial charge on any atom is -0.497 e. The minimum absolute atomic E-state index is 0.183. The Hall–Kier alpha value is -2.46. The molecule has 2 aromatic carbocycles. The Morgan fingerprint density at radius 1 is 1.08 bits per heavy atom. The van der Waals surface area contributed by atoms with Crippen LogP contribution in [-0.2, 0) is 6.42 Å². The van der Waals surface area contributed by atoms with Gasteiger partial charge >= 0.3 is 0 Å². The van der Waals surface area contributed by atoms with Gasteiger partial charge in [0.15, 0.2) is 0 Å². The molecular formula is C20H22N2O2. The maximum atomic E-state index is 5.55. The highest BCUT2D eigenvalue weighted by atomic mass is 16.5. The smallest absolute Gasteiger partial charge is 0.119 e. The Morgan fingerprint density at radius 2 is 1.88 bits per heavy atom. The van der Waals surface area contributed by atoms with Crippen molar-refractivity contribution in [2.45, 2.75) is 19.4 Å². The third kappa shape index (κ3) is 2.53. The second-order valence-corrected chi connectivity index (χ2v) is 6.07. The lowest BCUT2D eigenvalue weighted by molar-refractivity contribution is 0.340. The van der Waals surface area contributed by atoms with Crippen LogP contribution in [0.5, 0.6) is 11.5 Å². The Labute approximate surface area is 141 Å². The Balaban J connectivity index is 1.75. The van der Waals surface area contributed by atoms with Gasteiger partial charge in [0.2, 0.25) is 0 Å². The number of hydrogen-bond donors (Lipinski definition) is 2. The summed E-state index contributed by atoms with van der Waals surface area (Å²) in [4.78, 5) is 3.61. The molecule has 4 rings (SSSR count). The number of nitrogens with one attached hydrogen (secondary N) is 2. The van der Waals surface area contributed by atoms with E-state index in [1.807, 2.05) is 25.1 Å². The van der Waals surface area contributed by atoms with Crippen LogP contribution in [0.1, 0.15) is 29.8 Å². The van der Waals surface area contributed by atoms with Gasteiger partial charge in [-0.1, -0.05) is 12.1 Å². The molecule has 0 spiro atoms. The van der Waals surface area contributed by atoms with Crippen LogP contribution in [0, 0.1) is 0 Å². The van der Waals surface area contributed by atoms with Crippen LogP contribution >= 0.6 is 0 Å². The fourth-order valence-corrected chi connectivity index (χ4v) is 3.54. The molecule has 2 heterocycles.